The fourth-order valence-corrected chi connectivity index (χ4v) is 6.74. The maximum absolute atomic E-state index is 15.0. The number of nitrogens with one attached hydrogen (secondary N) is 1. The van der Waals surface area contributed by atoms with Crippen molar-refractivity contribution >= 4 is 21.4 Å². The highest BCUT2D eigenvalue weighted by Crippen LogP contribution is 2.47. The fraction of sp³-hybridized carbons (Fsp3) is 0.348. The van der Waals surface area contributed by atoms with Gasteiger partial charge in [-0.25, -0.2) is 31.3 Å². The first-order valence-corrected chi connectivity index (χ1v) is 13.2. The van der Waals surface area contributed by atoms with Gasteiger partial charge in [0.25, 0.3) is 0 Å². The SMILES string of the molecule is CS(=O)(=O)N[C@H]1CC[C@@]2(Cc3cc(c(F)cc3F)-c3cccc(F)c3OCc3csc2n3)C1. The minimum atomic E-state index is -3.41. The molecule has 2 heterocycles. The molecule has 1 N–H and O–H groups in total. The molecule has 10 heteroatoms. The van der Waals surface area contributed by atoms with Gasteiger partial charge in [-0.1, -0.05) is 12.1 Å². The Kier molecular flexibility index (Phi) is 5.49. The normalized spacial score (nSPS) is 22.4. The predicted molar refractivity (Wildman–Crippen MR) is 119 cm³/mol. The van der Waals surface area contributed by atoms with Crippen molar-refractivity contribution < 1.29 is 26.3 Å². The number of hydrogen-bond acceptors (Lipinski definition) is 5. The number of benzene rings is 2. The number of nitrogens with zero attached hydrogens (tertiary/aromatic N) is 1. The summed E-state index contributed by atoms with van der Waals surface area (Å²) in [4.78, 5) is 4.70. The van der Waals surface area contributed by atoms with E-state index in [9.17, 15) is 21.6 Å². The largest absolute Gasteiger partial charge is 0.484 e. The number of aromatic nitrogens is 1. The Labute approximate surface area is 193 Å². The summed E-state index contributed by atoms with van der Waals surface area (Å²) in [7, 11) is -3.41. The third-order valence-corrected chi connectivity index (χ3v) is 8.18. The average molecular weight is 495 g/mol. The van der Waals surface area contributed by atoms with Gasteiger partial charge in [-0.2, -0.15) is 0 Å². The Hall–Kier alpha value is -2.43. The minimum Gasteiger partial charge on any atom is -0.484 e. The number of hydrogen-bond donors (Lipinski definition) is 1. The van der Waals surface area contributed by atoms with Crippen molar-refractivity contribution in [2.75, 3.05) is 6.26 Å². The molecular weight excluding hydrogens is 473 g/mol. The summed E-state index contributed by atoms with van der Waals surface area (Å²) in [6.07, 6.45) is 2.92. The van der Waals surface area contributed by atoms with E-state index in [2.05, 4.69) is 4.72 Å². The molecule has 1 aliphatic carbocycles. The monoisotopic (exact) mass is 494 g/mol. The van der Waals surface area contributed by atoms with Crippen LogP contribution >= 0.6 is 11.3 Å². The Morgan fingerprint density at radius 3 is 2.76 bits per heavy atom. The van der Waals surface area contributed by atoms with Crippen molar-refractivity contribution in [2.45, 2.75) is 43.7 Å². The van der Waals surface area contributed by atoms with E-state index in [1.165, 1.54) is 35.6 Å². The third-order valence-electron chi connectivity index (χ3n) is 6.28. The molecule has 1 saturated carbocycles. The van der Waals surface area contributed by atoms with Crippen molar-refractivity contribution in [3.8, 4) is 16.9 Å². The van der Waals surface area contributed by atoms with Gasteiger partial charge in [-0.15, -0.1) is 11.3 Å². The molecule has 2 aromatic carbocycles. The highest BCUT2D eigenvalue weighted by molar-refractivity contribution is 7.88. The molecule has 2 aliphatic rings. The molecule has 5 nitrogen and oxygen atoms in total. The van der Waals surface area contributed by atoms with Gasteiger partial charge in [-0.3, -0.25) is 0 Å². The lowest BCUT2D eigenvalue weighted by Gasteiger charge is -2.28. The number of fused-ring (bicyclic) bond motifs is 7. The van der Waals surface area contributed by atoms with E-state index >= 15 is 0 Å². The topological polar surface area (TPSA) is 68.3 Å². The van der Waals surface area contributed by atoms with Gasteiger partial charge in [0.1, 0.15) is 18.2 Å². The molecule has 0 unspecified atom stereocenters. The van der Waals surface area contributed by atoms with Gasteiger partial charge in [0.15, 0.2) is 11.6 Å². The summed E-state index contributed by atoms with van der Waals surface area (Å²) in [5, 5.41) is 2.54. The third kappa shape index (κ3) is 4.27. The maximum atomic E-state index is 15.0. The summed E-state index contributed by atoms with van der Waals surface area (Å²) >= 11 is 1.39. The minimum absolute atomic E-state index is 0.0127. The number of ether oxygens (including phenoxy) is 1. The summed E-state index contributed by atoms with van der Waals surface area (Å²) in [6, 6.07) is 6.12. The first-order valence-electron chi connectivity index (χ1n) is 10.5. The second-order valence-corrected chi connectivity index (χ2v) is 11.4. The second-order valence-electron chi connectivity index (χ2n) is 8.76. The van der Waals surface area contributed by atoms with Crippen LogP contribution in [0.1, 0.15) is 35.5 Å². The Balaban J connectivity index is 1.66. The van der Waals surface area contributed by atoms with Crippen LogP contribution in [0.5, 0.6) is 5.75 Å². The number of rotatable bonds is 2. The zero-order valence-electron chi connectivity index (χ0n) is 17.7. The molecule has 0 amide bonds. The van der Waals surface area contributed by atoms with Gasteiger partial charge in [-0.05, 0) is 43.4 Å². The molecule has 1 fully saturated rings. The van der Waals surface area contributed by atoms with Gasteiger partial charge in [0.05, 0.1) is 17.0 Å². The fourth-order valence-electron chi connectivity index (χ4n) is 4.89. The summed E-state index contributed by atoms with van der Waals surface area (Å²) < 4.78 is 76.4. The van der Waals surface area contributed by atoms with Crippen LogP contribution in [0.4, 0.5) is 13.2 Å². The molecule has 174 valence electrons. The van der Waals surface area contributed by atoms with E-state index in [4.69, 9.17) is 9.72 Å². The molecule has 2 atom stereocenters. The molecule has 1 spiro atoms. The Morgan fingerprint density at radius 1 is 1.15 bits per heavy atom. The van der Waals surface area contributed by atoms with Crippen molar-refractivity contribution in [1.29, 1.82) is 0 Å². The van der Waals surface area contributed by atoms with E-state index in [0.717, 1.165) is 17.3 Å². The Bertz CT molecular complexity index is 1340. The van der Waals surface area contributed by atoms with Gasteiger partial charge in [0.2, 0.25) is 10.0 Å². The molecule has 3 aromatic rings. The van der Waals surface area contributed by atoms with E-state index < -0.39 is 32.9 Å². The van der Waals surface area contributed by atoms with Crippen LogP contribution in [0.3, 0.4) is 0 Å². The molecule has 1 aromatic heterocycles. The predicted octanol–water partition coefficient (Wildman–Crippen LogP) is 4.70. The van der Waals surface area contributed by atoms with Crippen LogP contribution in [0.25, 0.3) is 11.1 Å². The summed E-state index contributed by atoms with van der Waals surface area (Å²) in [6.45, 7) is -0.0127. The van der Waals surface area contributed by atoms with Crippen molar-refractivity contribution in [1.82, 2.24) is 9.71 Å². The van der Waals surface area contributed by atoms with Crippen molar-refractivity contribution in [2.24, 2.45) is 0 Å². The van der Waals surface area contributed by atoms with Crippen LogP contribution in [0.2, 0.25) is 0 Å². The van der Waals surface area contributed by atoms with Gasteiger partial charge >= 0.3 is 0 Å². The molecule has 4 bridgehead atoms. The maximum Gasteiger partial charge on any atom is 0.208 e. The van der Waals surface area contributed by atoms with Crippen LogP contribution in [-0.4, -0.2) is 25.7 Å². The standard InChI is InChI=1S/C23H21F3N2O3S2/c1-33(29,30)28-14-5-6-23(10-14)9-13-7-17(20(26)8-19(13)25)16-3-2-4-18(24)21(16)31-11-15-12-32-22(23)27-15/h2-4,7-8,12,14,28H,5-6,9-11H2,1H3/t14-,23+/m0/s1. The molecule has 1 aliphatic heterocycles. The first kappa shape index (κ1) is 22.4. The molecule has 0 saturated heterocycles. The number of sulfonamides is 1. The molecule has 0 radical (unpaired) electrons. The highest BCUT2D eigenvalue weighted by atomic mass is 32.2. The molecular formula is C23H21F3N2O3S2. The Morgan fingerprint density at radius 2 is 1.97 bits per heavy atom. The first-order chi connectivity index (χ1) is 15.6. The van der Waals surface area contributed by atoms with E-state index in [-0.39, 0.29) is 41.5 Å². The van der Waals surface area contributed by atoms with E-state index in [1.807, 2.05) is 0 Å². The quantitative estimate of drug-likeness (QED) is 0.561. The van der Waals surface area contributed by atoms with Crippen LogP contribution in [0.15, 0.2) is 35.7 Å². The zero-order valence-corrected chi connectivity index (χ0v) is 19.3. The molecule has 33 heavy (non-hydrogen) atoms. The zero-order chi connectivity index (χ0) is 23.4. The van der Waals surface area contributed by atoms with E-state index in [0.29, 0.717) is 25.0 Å². The summed E-state index contributed by atoms with van der Waals surface area (Å²) in [5.41, 5.74) is 0.469. The smallest absolute Gasteiger partial charge is 0.208 e. The lowest BCUT2D eigenvalue weighted by atomic mass is 9.79. The lowest BCUT2D eigenvalue weighted by molar-refractivity contribution is 0.286. The number of thiazole rings is 1. The van der Waals surface area contributed by atoms with Crippen LogP contribution in [0, 0.1) is 17.5 Å². The highest BCUT2D eigenvalue weighted by Gasteiger charge is 2.44. The summed E-state index contributed by atoms with van der Waals surface area (Å²) in [5.74, 6) is -2.28. The van der Waals surface area contributed by atoms with Gasteiger partial charge < -0.3 is 4.74 Å². The second kappa shape index (κ2) is 8.11. The van der Waals surface area contributed by atoms with Crippen LogP contribution < -0.4 is 9.46 Å². The van der Waals surface area contributed by atoms with Crippen molar-refractivity contribution in [3.05, 3.63) is 69.4 Å². The molecule has 5 rings (SSSR count). The van der Waals surface area contributed by atoms with E-state index in [1.54, 1.807) is 5.38 Å². The van der Waals surface area contributed by atoms with Crippen molar-refractivity contribution in [3.63, 3.8) is 0 Å². The average Bonchev–Trinajstić information content (AvgIpc) is 3.35. The van der Waals surface area contributed by atoms with Crippen LogP contribution in [-0.2, 0) is 28.5 Å². The number of halogens is 3. The van der Waals surface area contributed by atoms with Gasteiger partial charge in [0, 0.05) is 34.0 Å². The number of para-hydroxylation sites is 1. The lowest BCUT2D eigenvalue weighted by Crippen LogP contribution is -2.35.